The van der Waals surface area contributed by atoms with Crippen LogP contribution >= 0.6 is 0 Å². The lowest BCUT2D eigenvalue weighted by molar-refractivity contribution is 0.182. The normalized spacial score (nSPS) is 14.6. The third kappa shape index (κ3) is 7.32. The quantitative estimate of drug-likeness (QED) is 0.210. The van der Waals surface area contributed by atoms with Gasteiger partial charge in [0.05, 0.1) is 29.8 Å². The highest BCUT2D eigenvalue weighted by molar-refractivity contribution is 5.58. The fourth-order valence-electron chi connectivity index (χ4n) is 4.90. The SMILES string of the molecule is CC(C)Cc1nc(-c2cnc(N3CCC(CCCOc4cc(F)c(-c5noc(C(C)(C)CO)n5)c(F)c4)CC3)nc2)no1. The van der Waals surface area contributed by atoms with E-state index < -0.39 is 22.6 Å². The van der Waals surface area contributed by atoms with E-state index >= 15 is 0 Å². The average molecular weight is 598 g/mol. The molecule has 0 aliphatic carbocycles. The van der Waals surface area contributed by atoms with Crippen LogP contribution in [0.4, 0.5) is 14.7 Å². The molecule has 43 heavy (non-hydrogen) atoms. The van der Waals surface area contributed by atoms with E-state index in [1.165, 1.54) is 0 Å². The van der Waals surface area contributed by atoms with Gasteiger partial charge in [-0.25, -0.2) is 18.7 Å². The zero-order valence-corrected chi connectivity index (χ0v) is 24.9. The van der Waals surface area contributed by atoms with Gasteiger partial charge in [0.2, 0.25) is 29.4 Å². The molecule has 0 radical (unpaired) electrons. The van der Waals surface area contributed by atoms with Crippen molar-refractivity contribution in [1.29, 1.82) is 0 Å². The van der Waals surface area contributed by atoms with E-state index in [4.69, 9.17) is 13.8 Å². The molecule has 1 aliphatic rings. The molecule has 0 saturated carbocycles. The number of nitrogens with zero attached hydrogens (tertiary/aromatic N) is 7. The third-order valence-corrected chi connectivity index (χ3v) is 7.51. The molecule has 5 rings (SSSR count). The van der Waals surface area contributed by atoms with E-state index in [0.717, 1.165) is 62.9 Å². The van der Waals surface area contributed by atoms with Gasteiger partial charge in [0, 0.05) is 44.0 Å². The number of aliphatic hydroxyl groups excluding tert-OH is 1. The molecule has 0 spiro atoms. The number of anilines is 1. The number of halogens is 2. The molecular formula is C30H37F2N7O4. The van der Waals surface area contributed by atoms with Crippen molar-refractivity contribution in [3.8, 4) is 28.5 Å². The number of aliphatic hydroxyl groups is 1. The second-order valence-corrected chi connectivity index (χ2v) is 12.0. The summed E-state index contributed by atoms with van der Waals surface area (Å²) < 4.78 is 45.7. The van der Waals surface area contributed by atoms with Gasteiger partial charge < -0.3 is 23.8 Å². The molecule has 3 aromatic heterocycles. The molecule has 230 valence electrons. The summed E-state index contributed by atoms with van der Waals surface area (Å²) in [5, 5.41) is 17.2. The maximum Gasteiger partial charge on any atom is 0.234 e. The zero-order valence-electron chi connectivity index (χ0n) is 24.9. The van der Waals surface area contributed by atoms with Crippen molar-refractivity contribution in [3.63, 3.8) is 0 Å². The van der Waals surface area contributed by atoms with Crippen LogP contribution in [0.15, 0.2) is 33.6 Å². The van der Waals surface area contributed by atoms with Gasteiger partial charge in [0.15, 0.2) is 0 Å². The minimum Gasteiger partial charge on any atom is -0.493 e. The van der Waals surface area contributed by atoms with Gasteiger partial charge in [-0.2, -0.15) is 9.97 Å². The smallest absolute Gasteiger partial charge is 0.234 e. The van der Waals surface area contributed by atoms with E-state index in [-0.39, 0.29) is 24.1 Å². The maximum absolute atomic E-state index is 14.8. The standard InChI is InChI=1S/C30H37F2N7O4/c1-18(2)12-24-35-26(37-42-24)20-15-33-29(34-16-20)39-9-7-19(8-10-39)6-5-11-41-21-13-22(31)25(23(32)14-21)27-36-28(43-38-27)30(3,4)17-40/h13-16,18-19,40H,5-12,17H2,1-4H3. The predicted octanol–water partition coefficient (Wildman–Crippen LogP) is 5.40. The number of hydrogen-bond acceptors (Lipinski definition) is 11. The molecule has 1 aliphatic heterocycles. The summed E-state index contributed by atoms with van der Waals surface area (Å²) in [5.41, 5.74) is -0.504. The zero-order chi connectivity index (χ0) is 30.6. The van der Waals surface area contributed by atoms with Crippen molar-refractivity contribution in [2.45, 2.75) is 65.2 Å². The summed E-state index contributed by atoms with van der Waals surface area (Å²) >= 11 is 0. The number of rotatable bonds is 12. The van der Waals surface area contributed by atoms with Gasteiger partial charge in [-0.1, -0.05) is 24.2 Å². The van der Waals surface area contributed by atoms with E-state index in [2.05, 4.69) is 49.0 Å². The second kappa shape index (κ2) is 13.1. The summed E-state index contributed by atoms with van der Waals surface area (Å²) in [6.45, 7) is 9.35. The second-order valence-electron chi connectivity index (χ2n) is 12.0. The van der Waals surface area contributed by atoms with Crippen molar-refractivity contribution in [3.05, 3.63) is 47.9 Å². The van der Waals surface area contributed by atoms with Crippen LogP contribution in [0.3, 0.4) is 0 Å². The van der Waals surface area contributed by atoms with Crippen molar-refractivity contribution < 1.29 is 27.7 Å². The Bertz CT molecular complexity index is 1480. The molecular weight excluding hydrogens is 560 g/mol. The molecule has 0 bridgehead atoms. The number of hydrogen-bond donors (Lipinski definition) is 1. The maximum atomic E-state index is 14.8. The van der Waals surface area contributed by atoms with E-state index in [1.54, 1.807) is 26.2 Å². The molecule has 13 heteroatoms. The van der Waals surface area contributed by atoms with Gasteiger partial charge in [-0.05, 0) is 51.4 Å². The fourth-order valence-corrected chi connectivity index (χ4v) is 4.90. The molecule has 0 atom stereocenters. The summed E-state index contributed by atoms with van der Waals surface area (Å²) in [7, 11) is 0. The third-order valence-electron chi connectivity index (χ3n) is 7.51. The molecule has 4 heterocycles. The van der Waals surface area contributed by atoms with Crippen molar-refractivity contribution in [2.75, 3.05) is 31.2 Å². The first-order valence-electron chi connectivity index (χ1n) is 14.6. The van der Waals surface area contributed by atoms with Crippen LogP contribution in [0, 0.1) is 23.5 Å². The Morgan fingerprint density at radius 1 is 1.02 bits per heavy atom. The van der Waals surface area contributed by atoms with Crippen molar-refractivity contribution in [2.24, 2.45) is 11.8 Å². The van der Waals surface area contributed by atoms with Crippen LogP contribution in [0.2, 0.25) is 0 Å². The molecule has 1 aromatic carbocycles. The van der Waals surface area contributed by atoms with Gasteiger partial charge in [0.1, 0.15) is 17.4 Å². The number of piperidine rings is 1. The summed E-state index contributed by atoms with van der Waals surface area (Å²) in [5.74, 6) is 1.02. The van der Waals surface area contributed by atoms with Gasteiger partial charge in [-0.3, -0.25) is 0 Å². The van der Waals surface area contributed by atoms with Crippen LogP contribution in [-0.4, -0.2) is 61.7 Å². The summed E-state index contributed by atoms with van der Waals surface area (Å²) in [6, 6.07) is 2.25. The molecule has 4 aromatic rings. The van der Waals surface area contributed by atoms with Crippen LogP contribution < -0.4 is 9.64 Å². The molecule has 0 amide bonds. The monoisotopic (exact) mass is 597 g/mol. The van der Waals surface area contributed by atoms with Crippen LogP contribution in [0.25, 0.3) is 22.8 Å². The van der Waals surface area contributed by atoms with E-state index in [0.29, 0.717) is 36.1 Å². The van der Waals surface area contributed by atoms with Gasteiger partial charge in [0.25, 0.3) is 0 Å². The Hall–Kier alpha value is -4.00. The molecule has 1 saturated heterocycles. The Labute approximate surface area is 248 Å². The summed E-state index contributed by atoms with van der Waals surface area (Å²) in [4.78, 5) is 19.7. The largest absolute Gasteiger partial charge is 0.493 e. The number of aromatic nitrogens is 6. The Balaban J connectivity index is 1.06. The molecule has 11 nitrogen and oxygen atoms in total. The first-order chi connectivity index (χ1) is 20.6. The molecule has 1 N–H and O–H groups in total. The number of benzene rings is 1. The number of ether oxygens (including phenoxy) is 1. The average Bonchev–Trinajstić information content (AvgIpc) is 3.66. The minimum absolute atomic E-state index is 0.0939. The Morgan fingerprint density at radius 3 is 2.35 bits per heavy atom. The lowest BCUT2D eigenvalue weighted by atomic mass is 9.92. The Morgan fingerprint density at radius 2 is 1.70 bits per heavy atom. The topological polar surface area (TPSA) is 136 Å². The highest BCUT2D eigenvalue weighted by Gasteiger charge is 2.29. The fraction of sp³-hybridized carbons (Fsp3) is 0.533. The van der Waals surface area contributed by atoms with Gasteiger partial charge >= 0.3 is 0 Å². The van der Waals surface area contributed by atoms with E-state index in [1.807, 2.05) is 0 Å². The lowest BCUT2D eigenvalue weighted by Crippen LogP contribution is -2.34. The Kier molecular flexibility index (Phi) is 9.28. The first kappa shape index (κ1) is 30.5. The predicted molar refractivity (Wildman–Crippen MR) is 153 cm³/mol. The summed E-state index contributed by atoms with van der Waals surface area (Å²) in [6.07, 6.45) is 7.87. The van der Waals surface area contributed by atoms with Crippen LogP contribution in [0.5, 0.6) is 5.75 Å². The molecule has 0 unspecified atom stereocenters. The van der Waals surface area contributed by atoms with Crippen LogP contribution in [0.1, 0.15) is 65.2 Å². The minimum atomic E-state index is -0.847. The highest BCUT2D eigenvalue weighted by Crippen LogP contribution is 2.31. The van der Waals surface area contributed by atoms with Crippen LogP contribution in [-0.2, 0) is 11.8 Å². The van der Waals surface area contributed by atoms with Crippen molar-refractivity contribution >= 4 is 5.95 Å². The highest BCUT2D eigenvalue weighted by atomic mass is 19.1. The van der Waals surface area contributed by atoms with E-state index in [9.17, 15) is 13.9 Å². The van der Waals surface area contributed by atoms with Gasteiger partial charge in [-0.15, -0.1) is 0 Å². The molecule has 1 fully saturated rings. The lowest BCUT2D eigenvalue weighted by Gasteiger charge is -2.32. The van der Waals surface area contributed by atoms with Crippen molar-refractivity contribution in [1.82, 2.24) is 30.2 Å². The first-order valence-corrected chi connectivity index (χ1v) is 14.6.